The smallest absolute Gasteiger partial charge is 0.261 e. The number of aliphatic hydroxyl groups excluding tert-OH is 1. The van der Waals surface area contributed by atoms with E-state index in [0.29, 0.717) is 18.7 Å². The fourth-order valence-electron chi connectivity index (χ4n) is 2.10. The lowest BCUT2D eigenvalue weighted by Gasteiger charge is -2.10. The number of amides is 1. The van der Waals surface area contributed by atoms with E-state index in [0.717, 1.165) is 5.56 Å². The van der Waals surface area contributed by atoms with Gasteiger partial charge in [-0.1, -0.05) is 35.3 Å². The van der Waals surface area contributed by atoms with Gasteiger partial charge >= 0.3 is 0 Å². The minimum Gasteiger partial charge on any atom is -0.396 e. The molecule has 26 heavy (non-hydrogen) atoms. The van der Waals surface area contributed by atoms with Crippen molar-refractivity contribution in [3.63, 3.8) is 0 Å². The summed E-state index contributed by atoms with van der Waals surface area (Å²) in [4.78, 5) is 11.7. The number of carbonyl (C=O) groups excluding carboxylic acids is 1. The van der Waals surface area contributed by atoms with Crippen LogP contribution in [0.4, 0.5) is 5.69 Å². The number of carbonyl (C=O) groups is 1. The second kappa shape index (κ2) is 9.23. The maximum atomic E-state index is 12.4. The Morgan fingerprint density at radius 3 is 2.35 bits per heavy atom. The normalized spacial score (nSPS) is 11.2. The quantitative estimate of drug-likeness (QED) is 0.576. The molecule has 0 aliphatic carbocycles. The Bertz CT molecular complexity index is 871. The molecular formula is C17H18Cl2N2O4S. The van der Waals surface area contributed by atoms with Crippen molar-refractivity contribution in [2.24, 2.45) is 0 Å². The van der Waals surface area contributed by atoms with Crippen LogP contribution in [0, 0.1) is 0 Å². The molecule has 0 atom stereocenters. The van der Waals surface area contributed by atoms with Gasteiger partial charge in [0.25, 0.3) is 10.0 Å². The average Bonchev–Trinajstić information content (AvgIpc) is 2.59. The van der Waals surface area contributed by atoms with Crippen LogP contribution < -0.4 is 10.0 Å². The van der Waals surface area contributed by atoms with Crippen LogP contribution in [-0.2, 0) is 21.2 Å². The van der Waals surface area contributed by atoms with Gasteiger partial charge in [-0.05, 0) is 42.3 Å². The molecule has 6 nitrogen and oxygen atoms in total. The zero-order chi connectivity index (χ0) is 19.2. The van der Waals surface area contributed by atoms with E-state index in [-0.39, 0.29) is 33.9 Å². The number of nitrogens with one attached hydrogen (secondary N) is 2. The Hall–Kier alpha value is -1.80. The van der Waals surface area contributed by atoms with Gasteiger partial charge in [0.15, 0.2) is 0 Å². The molecule has 0 spiro atoms. The lowest BCUT2D eigenvalue weighted by molar-refractivity contribution is -0.120. The zero-order valence-electron chi connectivity index (χ0n) is 13.7. The minimum absolute atomic E-state index is 0.000706. The van der Waals surface area contributed by atoms with E-state index in [1.165, 1.54) is 18.2 Å². The minimum atomic E-state index is -3.80. The molecule has 0 aliphatic rings. The average molecular weight is 417 g/mol. The summed E-state index contributed by atoms with van der Waals surface area (Å²) in [6.07, 6.45) is 0.673. The largest absolute Gasteiger partial charge is 0.396 e. The van der Waals surface area contributed by atoms with Crippen molar-refractivity contribution in [2.45, 2.75) is 17.7 Å². The van der Waals surface area contributed by atoms with Gasteiger partial charge in [0.1, 0.15) is 0 Å². The standard InChI is InChI=1S/C17H18Cl2N2O4S/c18-15-7-6-14(11-16(15)19)26(24,25)21-13-4-2-12(3-5-13)10-17(23)20-8-1-9-22/h2-7,11,21-22H,1,8-10H2,(H,20,23). The van der Waals surface area contributed by atoms with E-state index in [9.17, 15) is 13.2 Å². The van der Waals surface area contributed by atoms with Crippen LogP contribution in [-0.4, -0.2) is 32.6 Å². The fourth-order valence-corrected chi connectivity index (χ4v) is 3.55. The van der Waals surface area contributed by atoms with Gasteiger partial charge in [0.05, 0.1) is 21.4 Å². The van der Waals surface area contributed by atoms with Crippen LogP contribution in [0.25, 0.3) is 0 Å². The summed E-state index contributed by atoms with van der Waals surface area (Å²) in [5, 5.41) is 11.8. The topological polar surface area (TPSA) is 95.5 Å². The Balaban J connectivity index is 2.01. The summed E-state index contributed by atoms with van der Waals surface area (Å²) in [7, 11) is -3.80. The maximum Gasteiger partial charge on any atom is 0.261 e. The highest BCUT2D eigenvalue weighted by Crippen LogP contribution is 2.26. The van der Waals surface area contributed by atoms with Crippen molar-refractivity contribution < 1.29 is 18.3 Å². The summed E-state index contributed by atoms with van der Waals surface area (Å²) in [5.41, 5.74) is 1.10. The predicted octanol–water partition coefficient (Wildman–Crippen LogP) is 2.84. The monoisotopic (exact) mass is 416 g/mol. The molecule has 140 valence electrons. The predicted molar refractivity (Wildman–Crippen MR) is 102 cm³/mol. The Morgan fingerprint density at radius 1 is 1.04 bits per heavy atom. The molecule has 0 aromatic heterocycles. The molecule has 0 bridgehead atoms. The van der Waals surface area contributed by atoms with E-state index in [1.807, 2.05) is 0 Å². The SMILES string of the molecule is O=C(Cc1ccc(NS(=O)(=O)c2ccc(Cl)c(Cl)c2)cc1)NCCCO. The van der Waals surface area contributed by atoms with Gasteiger partial charge in [-0.3, -0.25) is 9.52 Å². The lowest BCUT2D eigenvalue weighted by Crippen LogP contribution is -2.26. The van der Waals surface area contributed by atoms with E-state index in [1.54, 1.807) is 24.3 Å². The van der Waals surface area contributed by atoms with Crippen molar-refractivity contribution in [3.8, 4) is 0 Å². The third-order valence-electron chi connectivity index (χ3n) is 3.43. The molecule has 0 aliphatic heterocycles. The van der Waals surface area contributed by atoms with Crippen molar-refractivity contribution >= 4 is 44.8 Å². The number of hydrogen-bond acceptors (Lipinski definition) is 4. The molecule has 0 fully saturated rings. The van der Waals surface area contributed by atoms with Gasteiger partial charge in [-0.2, -0.15) is 0 Å². The molecule has 0 unspecified atom stereocenters. The second-order valence-electron chi connectivity index (χ2n) is 5.48. The number of rotatable bonds is 8. The van der Waals surface area contributed by atoms with Crippen LogP contribution in [0.3, 0.4) is 0 Å². The molecular weight excluding hydrogens is 399 g/mol. The second-order valence-corrected chi connectivity index (χ2v) is 7.98. The van der Waals surface area contributed by atoms with Gasteiger partial charge in [-0.25, -0.2) is 8.42 Å². The first-order valence-corrected chi connectivity index (χ1v) is 10.00. The molecule has 0 saturated heterocycles. The highest BCUT2D eigenvalue weighted by Gasteiger charge is 2.15. The van der Waals surface area contributed by atoms with Crippen LogP contribution in [0.2, 0.25) is 10.0 Å². The molecule has 0 saturated carbocycles. The van der Waals surface area contributed by atoms with Gasteiger partial charge < -0.3 is 10.4 Å². The Kier molecular flexibility index (Phi) is 7.28. The van der Waals surface area contributed by atoms with Crippen molar-refractivity contribution in [1.29, 1.82) is 0 Å². The molecule has 9 heteroatoms. The van der Waals surface area contributed by atoms with Crippen molar-refractivity contribution in [3.05, 3.63) is 58.1 Å². The summed E-state index contributed by atoms with van der Waals surface area (Å²) in [5.74, 6) is -0.164. The van der Waals surface area contributed by atoms with E-state index in [4.69, 9.17) is 28.3 Å². The van der Waals surface area contributed by atoms with Crippen LogP contribution in [0.5, 0.6) is 0 Å². The lowest BCUT2D eigenvalue weighted by atomic mass is 10.1. The first-order chi connectivity index (χ1) is 12.3. The van der Waals surface area contributed by atoms with Gasteiger partial charge in [0, 0.05) is 18.8 Å². The Labute approximate surface area is 162 Å². The Morgan fingerprint density at radius 2 is 1.73 bits per heavy atom. The highest BCUT2D eigenvalue weighted by atomic mass is 35.5. The molecule has 1 amide bonds. The molecule has 2 aromatic carbocycles. The third-order valence-corrected chi connectivity index (χ3v) is 5.55. The molecule has 0 radical (unpaired) electrons. The summed E-state index contributed by atoms with van der Waals surface area (Å²) < 4.78 is 27.2. The van der Waals surface area contributed by atoms with Crippen LogP contribution in [0.15, 0.2) is 47.4 Å². The first kappa shape index (κ1) is 20.5. The van der Waals surface area contributed by atoms with E-state index < -0.39 is 10.0 Å². The number of anilines is 1. The van der Waals surface area contributed by atoms with E-state index in [2.05, 4.69) is 10.0 Å². The highest BCUT2D eigenvalue weighted by molar-refractivity contribution is 7.92. The fraction of sp³-hybridized carbons (Fsp3) is 0.235. The molecule has 2 aromatic rings. The van der Waals surface area contributed by atoms with Crippen LogP contribution in [0.1, 0.15) is 12.0 Å². The van der Waals surface area contributed by atoms with Gasteiger partial charge in [0.2, 0.25) is 5.91 Å². The number of hydrogen-bond donors (Lipinski definition) is 3. The van der Waals surface area contributed by atoms with Crippen LogP contribution >= 0.6 is 23.2 Å². The maximum absolute atomic E-state index is 12.4. The van der Waals surface area contributed by atoms with Gasteiger partial charge in [-0.15, -0.1) is 0 Å². The zero-order valence-corrected chi connectivity index (χ0v) is 16.0. The summed E-state index contributed by atoms with van der Waals surface area (Å²) in [6, 6.07) is 10.5. The molecule has 2 rings (SSSR count). The summed E-state index contributed by atoms with van der Waals surface area (Å²) >= 11 is 11.7. The third kappa shape index (κ3) is 5.88. The number of aliphatic hydroxyl groups is 1. The molecule has 0 heterocycles. The van der Waals surface area contributed by atoms with Crippen molar-refractivity contribution in [1.82, 2.24) is 5.32 Å². The van der Waals surface area contributed by atoms with Crippen molar-refractivity contribution in [2.75, 3.05) is 17.9 Å². The van der Waals surface area contributed by atoms with E-state index >= 15 is 0 Å². The summed E-state index contributed by atoms with van der Waals surface area (Å²) in [6.45, 7) is 0.435. The number of benzene rings is 2. The number of halogens is 2. The number of sulfonamides is 1. The molecule has 3 N–H and O–H groups in total. The first-order valence-electron chi connectivity index (χ1n) is 7.76.